The highest BCUT2D eigenvalue weighted by Crippen LogP contribution is 2.21. The van der Waals surface area contributed by atoms with Crippen LogP contribution in [0.4, 0.5) is 0 Å². The average Bonchev–Trinajstić information content (AvgIpc) is 2.93. The van der Waals surface area contributed by atoms with E-state index in [1.165, 1.54) is 103 Å². The van der Waals surface area contributed by atoms with Gasteiger partial charge in [-0.3, -0.25) is 9.59 Å². The van der Waals surface area contributed by atoms with Crippen LogP contribution in [0.3, 0.4) is 0 Å². The van der Waals surface area contributed by atoms with Crippen LogP contribution >= 0.6 is 0 Å². The van der Waals surface area contributed by atoms with Gasteiger partial charge in [-0.05, 0) is 33.1 Å². The van der Waals surface area contributed by atoms with Gasteiger partial charge in [-0.1, -0.05) is 122 Å². The Morgan fingerprint density at radius 2 is 0.905 bits per heavy atom. The summed E-state index contributed by atoms with van der Waals surface area (Å²) < 4.78 is 0.156. The molecule has 0 amide bonds. The molecule has 0 aliphatic heterocycles. The largest absolute Gasteiger partial charge is 0.550 e. The molecule has 0 rings (SSSR count). The molecule has 0 fully saturated rings. The zero-order valence-corrected chi connectivity index (χ0v) is 27.6. The number of hydrogen-bond acceptors (Lipinski definition) is 4. The van der Waals surface area contributed by atoms with Gasteiger partial charge in [-0.25, -0.2) is 0 Å². The predicted molar refractivity (Wildman–Crippen MR) is 170 cm³/mol. The Bertz CT molecular complexity index is 682. The summed E-state index contributed by atoms with van der Waals surface area (Å²) >= 11 is 0. The highest BCUT2D eigenvalue weighted by Gasteiger charge is 2.36. The molecule has 0 spiro atoms. The molecular weight excluding hydrogens is 530 g/mol. The number of rotatable bonds is 30. The van der Waals surface area contributed by atoms with E-state index in [1.54, 1.807) is 20.8 Å². The van der Waals surface area contributed by atoms with E-state index in [-0.39, 0.29) is 24.1 Å². The molecular formula is C35H65NO6. The maximum Gasteiger partial charge on any atom is 0.311 e. The Morgan fingerprint density at radius 3 is 1.26 bits per heavy atom. The normalized spacial score (nSPS) is 15.3. The molecule has 3 atom stereocenters. The second-order valence-corrected chi connectivity index (χ2v) is 13.0. The Morgan fingerprint density at radius 1 is 0.571 bits per heavy atom. The zero-order valence-electron chi connectivity index (χ0n) is 27.6. The standard InChI is InChI=1S/C35H65NO6/c1-5-6-7-8-9-10-11-12-13-14-15-16-17-18-19-20-21-22-23-24-25-26-36(27-30(2)33(37)38,28-31(3)34(39)40)29-32(4)35(41)42/h22-23,30-32H,5-21,24-29H2,1-4H3,(H2-,37,38,39,40,41,42)/b23-22+. The number of hydrogen-bond donors (Lipinski definition) is 2. The number of carboxylic acid groups (broad SMARTS) is 3. The summed E-state index contributed by atoms with van der Waals surface area (Å²) in [6.07, 6.45) is 28.7. The van der Waals surface area contributed by atoms with Gasteiger partial charge in [-0.2, -0.15) is 0 Å². The fourth-order valence-electron chi connectivity index (χ4n) is 6.06. The number of carboxylic acids is 3. The number of carbonyl (C=O) groups is 3. The molecule has 0 bridgehead atoms. The quantitative estimate of drug-likeness (QED) is 0.0501. The maximum absolute atomic E-state index is 11.6. The fourth-order valence-corrected chi connectivity index (χ4v) is 6.06. The van der Waals surface area contributed by atoms with Crippen LogP contribution in [0.5, 0.6) is 0 Å². The molecule has 42 heavy (non-hydrogen) atoms. The van der Waals surface area contributed by atoms with Crippen molar-refractivity contribution >= 4 is 17.9 Å². The number of allylic oxidation sites excluding steroid dienone is 2. The molecule has 0 aliphatic carbocycles. The fraction of sp³-hybridized carbons (Fsp3) is 0.857. The number of nitrogens with zero attached hydrogens (tertiary/aromatic N) is 1. The highest BCUT2D eigenvalue weighted by molar-refractivity contribution is 5.70. The Labute approximate surface area is 257 Å². The van der Waals surface area contributed by atoms with Gasteiger partial charge in [0.15, 0.2) is 0 Å². The van der Waals surface area contributed by atoms with E-state index in [0.29, 0.717) is 6.54 Å². The minimum absolute atomic E-state index is 0.156. The topological polar surface area (TPSA) is 115 Å². The smallest absolute Gasteiger partial charge is 0.311 e. The number of carbonyl (C=O) groups excluding carboxylic acids is 1. The molecule has 0 aromatic carbocycles. The van der Waals surface area contributed by atoms with Gasteiger partial charge in [0.2, 0.25) is 0 Å². The summed E-state index contributed by atoms with van der Waals surface area (Å²) in [4.78, 5) is 34.7. The summed E-state index contributed by atoms with van der Waals surface area (Å²) in [7, 11) is 0. The van der Waals surface area contributed by atoms with Crippen LogP contribution in [0.25, 0.3) is 0 Å². The first kappa shape index (κ1) is 40.1. The first-order valence-corrected chi connectivity index (χ1v) is 17.2. The number of quaternary nitrogens is 1. The van der Waals surface area contributed by atoms with Crippen LogP contribution < -0.4 is 5.11 Å². The minimum Gasteiger partial charge on any atom is -0.550 e. The number of unbranched alkanes of at least 4 members (excludes halogenated alkanes) is 17. The Balaban J connectivity index is 4.25. The molecule has 246 valence electrons. The van der Waals surface area contributed by atoms with Crippen LogP contribution in [0, 0.1) is 17.8 Å². The van der Waals surface area contributed by atoms with Gasteiger partial charge < -0.3 is 24.6 Å². The summed E-state index contributed by atoms with van der Waals surface area (Å²) in [6, 6.07) is 0. The lowest BCUT2D eigenvalue weighted by Crippen LogP contribution is -2.58. The third-order valence-corrected chi connectivity index (χ3v) is 8.62. The van der Waals surface area contributed by atoms with Crippen molar-refractivity contribution in [2.24, 2.45) is 17.8 Å². The van der Waals surface area contributed by atoms with Crippen molar-refractivity contribution in [1.29, 1.82) is 0 Å². The van der Waals surface area contributed by atoms with Gasteiger partial charge in [0.25, 0.3) is 0 Å². The number of aliphatic carboxylic acids is 3. The van der Waals surface area contributed by atoms with E-state index in [0.717, 1.165) is 19.3 Å². The van der Waals surface area contributed by atoms with E-state index in [2.05, 4.69) is 19.1 Å². The van der Waals surface area contributed by atoms with Crippen molar-refractivity contribution in [3.8, 4) is 0 Å². The molecule has 0 saturated carbocycles. The third-order valence-electron chi connectivity index (χ3n) is 8.62. The van der Waals surface area contributed by atoms with Gasteiger partial charge in [0.1, 0.15) is 11.8 Å². The predicted octanol–water partition coefficient (Wildman–Crippen LogP) is 7.62. The molecule has 0 radical (unpaired) electrons. The van der Waals surface area contributed by atoms with Crippen LogP contribution in [-0.4, -0.2) is 58.8 Å². The van der Waals surface area contributed by atoms with Crippen LogP contribution in [0.2, 0.25) is 0 Å². The first-order chi connectivity index (χ1) is 20.0. The van der Waals surface area contributed by atoms with Crippen LogP contribution in [-0.2, 0) is 14.4 Å². The Hall–Kier alpha value is -1.89. The molecule has 0 aromatic rings. The van der Waals surface area contributed by atoms with Crippen molar-refractivity contribution < 1.29 is 34.2 Å². The van der Waals surface area contributed by atoms with E-state index in [4.69, 9.17) is 0 Å². The molecule has 2 N–H and O–H groups in total. The zero-order chi connectivity index (χ0) is 31.6. The summed E-state index contributed by atoms with van der Waals surface area (Å²) in [5, 5.41) is 30.5. The summed E-state index contributed by atoms with van der Waals surface area (Å²) in [5.74, 6) is -5.31. The Kier molecular flexibility index (Phi) is 24.4. The molecule has 3 unspecified atom stereocenters. The van der Waals surface area contributed by atoms with Crippen LogP contribution in [0.1, 0.15) is 150 Å². The third kappa shape index (κ3) is 21.8. The van der Waals surface area contributed by atoms with Crippen molar-refractivity contribution in [3.05, 3.63) is 12.2 Å². The molecule has 7 nitrogen and oxygen atoms in total. The molecule has 0 saturated heterocycles. The lowest BCUT2D eigenvalue weighted by atomic mass is 10.0. The van der Waals surface area contributed by atoms with Crippen molar-refractivity contribution in [1.82, 2.24) is 0 Å². The van der Waals surface area contributed by atoms with E-state index in [1.807, 2.05) is 0 Å². The lowest BCUT2D eigenvalue weighted by Gasteiger charge is -2.43. The van der Waals surface area contributed by atoms with Gasteiger partial charge in [0, 0.05) is 18.3 Å². The van der Waals surface area contributed by atoms with Crippen molar-refractivity contribution in [2.45, 2.75) is 150 Å². The van der Waals surface area contributed by atoms with Gasteiger partial charge >= 0.3 is 11.9 Å². The summed E-state index contributed by atoms with van der Waals surface area (Å²) in [5.41, 5.74) is 0. The highest BCUT2D eigenvalue weighted by atomic mass is 16.4. The monoisotopic (exact) mass is 595 g/mol. The van der Waals surface area contributed by atoms with Crippen molar-refractivity contribution in [3.63, 3.8) is 0 Å². The van der Waals surface area contributed by atoms with Crippen LogP contribution in [0.15, 0.2) is 12.2 Å². The first-order valence-electron chi connectivity index (χ1n) is 17.2. The van der Waals surface area contributed by atoms with E-state index >= 15 is 0 Å². The van der Waals surface area contributed by atoms with E-state index in [9.17, 15) is 29.7 Å². The second kappa shape index (κ2) is 25.6. The SMILES string of the molecule is CCCCCCCCCCCCCCCCCC/C=C/CCC[N+](CC(C)C(=O)[O-])(CC(C)C(=O)O)CC(C)C(=O)O. The van der Waals surface area contributed by atoms with Crippen molar-refractivity contribution in [2.75, 3.05) is 26.2 Å². The second-order valence-electron chi connectivity index (χ2n) is 13.0. The molecule has 0 heterocycles. The minimum atomic E-state index is -1.19. The lowest BCUT2D eigenvalue weighted by molar-refractivity contribution is -0.934. The maximum atomic E-state index is 11.6. The van der Waals surface area contributed by atoms with Gasteiger partial charge in [0.05, 0.1) is 26.2 Å². The average molecular weight is 596 g/mol. The summed E-state index contributed by atoms with van der Waals surface area (Å²) in [6.45, 7) is 8.13. The molecule has 0 aliphatic rings. The van der Waals surface area contributed by atoms with Gasteiger partial charge in [-0.15, -0.1) is 0 Å². The molecule has 7 heteroatoms. The molecule has 0 aromatic heterocycles. The van der Waals surface area contributed by atoms with E-state index < -0.39 is 35.7 Å².